The monoisotopic (exact) mass is 318 g/mol. The lowest BCUT2D eigenvalue weighted by molar-refractivity contribution is 0.505. The maximum atomic E-state index is 12.2. The van der Waals surface area contributed by atoms with Crippen LogP contribution in [0.3, 0.4) is 0 Å². The van der Waals surface area contributed by atoms with Crippen LogP contribution in [0.5, 0.6) is 0 Å². The molecule has 0 radical (unpaired) electrons. The van der Waals surface area contributed by atoms with E-state index < -0.39 is 19.9 Å². The number of hydrogen-bond acceptors (Lipinski definition) is 5. The summed E-state index contributed by atoms with van der Waals surface area (Å²) >= 11 is 0. The molecule has 1 fully saturated rings. The van der Waals surface area contributed by atoms with Crippen LogP contribution in [0.2, 0.25) is 0 Å². The first-order chi connectivity index (χ1) is 9.20. The Morgan fingerprint density at radius 2 is 1.85 bits per heavy atom. The van der Waals surface area contributed by atoms with Gasteiger partial charge in [-0.05, 0) is 37.5 Å². The van der Waals surface area contributed by atoms with Crippen LogP contribution in [-0.4, -0.2) is 34.4 Å². The van der Waals surface area contributed by atoms with E-state index in [1.807, 2.05) is 0 Å². The molecule has 0 aliphatic carbocycles. The molecule has 0 amide bonds. The zero-order chi connectivity index (χ0) is 15.0. The number of rotatable bonds is 3. The van der Waals surface area contributed by atoms with Crippen molar-refractivity contribution in [2.75, 3.05) is 17.2 Å². The summed E-state index contributed by atoms with van der Waals surface area (Å²) in [5.41, 5.74) is 6.94. The molecule has 0 bridgehead atoms. The lowest BCUT2D eigenvalue weighted by Gasteiger charge is -2.23. The highest BCUT2D eigenvalue weighted by Gasteiger charge is 2.27. The molecule has 1 aromatic carbocycles. The summed E-state index contributed by atoms with van der Waals surface area (Å²) in [4.78, 5) is 0.106. The second-order valence-electron chi connectivity index (χ2n) is 5.07. The largest absolute Gasteiger partial charge is 0.398 e. The summed E-state index contributed by atoms with van der Waals surface area (Å²) in [6, 6.07) is 4.21. The normalized spacial score (nSPS) is 19.9. The molecule has 0 spiro atoms. The molecule has 1 aliphatic heterocycles. The van der Waals surface area contributed by atoms with Crippen molar-refractivity contribution in [2.24, 2.45) is 0 Å². The van der Waals surface area contributed by atoms with Gasteiger partial charge in [0.2, 0.25) is 10.0 Å². The topological polar surface area (TPSA) is 106 Å². The zero-order valence-electron chi connectivity index (χ0n) is 11.2. The average Bonchev–Trinajstić information content (AvgIpc) is 2.35. The number of anilines is 1. The van der Waals surface area contributed by atoms with Crippen molar-refractivity contribution in [1.82, 2.24) is 4.72 Å². The van der Waals surface area contributed by atoms with E-state index in [9.17, 15) is 16.8 Å². The van der Waals surface area contributed by atoms with E-state index in [1.54, 1.807) is 13.0 Å². The van der Waals surface area contributed by atoms with Gasteiger partial charge in [-0.2, -0.15) is 0 Å². The fourth-order valence-electron chi connectivity index (χ4n) is 2.08. The summed E-state index contributed by atoms with van der Waals surface area (Å²) in [5, 5.41) is 0. The summed E-state index contributed by atoms with van der Waals surface area (Å²) in [6.07, 6.45) is 0.617. The van der Waals surface area contributed by atoms with Crippen LogP contribution >= 0.6 is 0 Å². The highest BCUT2D eigenvalue weighted by molar-refractivity contribution is 7.91. The van der Waals surface area contributed by atoms with E-state index >= 15 is 0 Å². The van der Waals surface area contributed by atoms with Gasteiger partial charge in [0.15, 0.2) is 0 Å². The van der Waals surface area contributed by atoms with Crippen molar-refractivity contribution >= 4 is 25.5 Å². The van der Waals surface area contributed by atoms with Crippen molar-refractivity contribution in [3.8, 4) is 0 Å². The molecule has 20 heavy (non-hydrogen) atoms. The van der Waals surface area contributed by atoms with Crippen molar-refractivity contribution < 1.29 is 16.8 Å². The van der Waals surface area contributed by atoms with E-state index in [0.29, 0.717) is 18.5 Å². The summed E-state index contributed by atoms with van der Waals surface area (Å²) in [5.74, 6) is 0.0481. The molecule has 8 heteroatoms. The van der Waals surface area contributed by atoms with Crippen LogP contribution < -0.4 is 10.5 Å². The number of aryl methyl sites for hydroxylation is 1. The lowest BCUT2D eigenvalue weighted by Crippen LogP contribution is -2.40. The van der Waals surface area contributed by atoms with Gasteiger partial charge < -0.3 is 5.73 Å². The lowest BCUT2D eigenvalue weighted by atomic mass is 10.2. The van der Waals surface area contributed by atoms with Gasteiger partial charge in [-0.1, -0.05) is 6.07 Å². The fourth-order valence-corrected chi connectivity index (χ4v) is 4.91. The van der Waals surface area contributed by atoms with Crippen LogP contribution in [0.15, 0.2) is 23.1 Å². The predicted octanol–water partition coefficient (Wildman–Crippen LogP) is 0.433. The molecule has 2 rings (SSSR count). The molecule has 0 aromatic heterocycles. The van der Waals surface area contributed by atoms with E-state index in [1.165, 1.54) is 12.1 Å². The van der Waals surface area contributed by atoms with Crippen LogP contribution in [-0.2, 0) is 19.9 Å². The molecule has 1 saturated heterocycles. The number of sulfonamides is 1. The summed E-state index contributed by atoms with van der Waals surface area (Å²) in [7, 11) is -6.66. The molecule has 0 atom stereocenters. The number of sulfone groups is 1. The number of nitrogen functional groups attached to an aromatic ring is 1. The van der Waals surface area contributed by atoms with E-state index in [0.717, 1.165) is 5.56 Å². The number of benzene rings is 1. The maximum Gasteiger partial charge on any atom is 0.240 e. The predicted molar refractivity (Wildman–Crippen MR) is 77.6 cm³/mol. The van der Waals surface area contributed by atoms with Gasteiger partial charge in [-0.3, -0.25) is 0 Å². The minimum absolute atomic E-state index is 0.0240. The third-order valence-electron chi connectivity index (χ3n) is 3.44. The Morgan fingerprint density at radius 1 is 1.25 bits per heavy atom. The van der Waals surface area contributed by atoms with Gasteiger partial charge in [0.25, 0.3) is 0 Å². The first kappa shape index (κ1) is 15.3. The van der Waals surface area contributed by atoms with Crippen molar-refractivity contribution in [3.63, 3.8) is 0 Å². The summed E-state index contributed by atoms with van der Waals surface area (Å²) in [6.45, 7) is 1.80. The Labute approximate surface area is 119 Å². The molecule has 6 nitrogen and oxygen atoms in total. The average molecular weight is 318 g/mol. The van der Waals surface area contributed by atoms with Crippen molar-refractivity contribution in [1.29, 1.82) is 0 Å². The Morgan fingerprint density at radius 3 is 2.40 bits per heavy atom. The minimum atomic E-state index is -3.66. The fraction of sp³-hybridized carbons (Fsp3) is 0.500. The second-order valence-corrected chi connectivity index (χ2v) is 9.08. The molecular formula is C12H18N2O4S2. The maximum absolute atomic E-state index is 12.2. The van der Waals surface area contributed by atoms with E-state index in [4.69, 9.17) is 5.73 Å². The van der Waals surface area contributed by atoms with Crippen LogP contribution in [0, 0.1) is 6.92 Å². The molecular weight excluding hydrogens is 300 g/mol. The first-order valence-electron chi connectivity index (χ1n) is 6.28. The van der Waals surface area contributed by atoms with Gasteiger partial charge in [-0.25, -0.2) is 21.6 Å². The Kier molecular flexibility index (Phi) is 4.08. The van der Waals surface area contributed by atoms with Crippen LogP contribution in [0.4, 0.5) is 5.69 Å². The molecule has 0 saturated carbocycles. The van der Waals surface area contributed by atoms with Crippen molar-refractivity contribution in [2.45, 2.75) is 30.7 Å². The van der Waals surface area contributed by atoms with Gasteiger partial charge in [0.05, 0.1) is 16.4 Å². The van der Waals surface area contributed by atoms with Gasteiger partial charge in [0, 0.05) is 11.7 Å². The third kappa shape index (κ3) is 3.50. The van der Waals surface area contributed by atoms with Gasteiger partial charge in [-0.15, -0.1) is 0 Å². The molecule has 1 heterocycles. The Bertz CT molecular complexity index is 697. The molecule has 1 aliphatic rings. The Hall–Kier alpha value is -1.12. The number of nitrogens with one attached hydrogen (secondary N) is 1. The van der Waals surface area contributed by atoms with Crippen LogP contribution in [0.1, 0.15) is 18.4 Å². The molecule has 0 unspecified atom stereocenters. The zero-order valence-corrected chi connectivity index (χ0v) is 12.8. The molecule has 3 N–H and O–H groups in total. The highest BCUT2D eigenvalue weighted by Crippen LogP contribution is 2.19. The third-order valence-corrected chi connectivity index (χ3v) is 6.67. The smallest absolute Gasteiger partial charge is 0.240 e. The quantitative estimate of drug-likeness (QED) is 0.786. The number of hydrogen-bond donors (Lipinski definition) is 2. The minimum Gasteiger partial charge on any atom is -0.398 e. The van der Waals surface area contributed by atoms with Gasteiger partial charge in [0.1, 0.15) is 9.84 Å². The second kappa shape index (κ2) is 5.34. The van der Waals surface area contributed by atoms with E-state index in [2.05, 4.69) is 4.72 Å². The van der Waals surface area contributed by atoms with E-state index in [-0.39, 0.29) is 22.4 Å². The number of nitrogens with two attached hydrogens (primary N) is 1. The first-order valence-corrected chi connectivity index (χ1v) is 9.59. The highest BCUT2D eigenvalue weighted by atomic mass is 32.2. The standard InChI is InChI=1S/C12H18N2O4S2/c1-9-2-3-11(8-12(9)13)20(17,18)14-10-4-6-19(15,16)7-5-10/h2-3,8,10,14H,4-7,13H2,1H3. The molecule has 1 aromatic rings. The van der Waals surface area contributed by atoms with Gasteiger partial charge >= 0.3 is 0 Å². The Balaban J connectivity index is 2.13. The SMILES string of the molecule is Cc1ccc(S(=O)(=O)NC2CCS(=O)(=O)CC2)cc1N. The summed E-state index contributed by atoms with van der Waals surface area (Å²) < 4.78 is 49.6. The van der Waals surface area contributed by atoms with Crippen molar-refractivity contribution in [3.05, 3.63) is 23.8 Å². The molecule has 112 valence electrons. The van der Waals surface area contributed by atoms with Crippen LogP contribution in [0.25, 0.3) is 0 Å².